The van der Waals surface area contributed by atoms with Crippen LogP contribution in [-0.2, 0) is 21.5 Å². The van der Waals surface area contributed by atoms with Crippen molar-refractivity contribution in [2.75, 3.05) is 13.1 Å². The predicted molar refractivity (Wildman–Crippen MR) is 65.5 cm³/mol. The number of sulfonamides is 1. The second-order valence-corrected chi connectivity index (χ2v) is 5.48. The first-order valence-electron chi connectivity index (χ1n) is 5.47. The molecule has 6 heteroatoms. The fraction of sp³-hybridized carbons (Fsp3) is 0.455. The molecule has 0 heterocycles. The second-order valence-electron chi connectivity index (χ2n) is 3.54. The van der Waals surface area contributed by atoms with Gasteiger partial charge < -0.3 is 0 Å². The lowest BCUT2D eigenvalue weighted by molar-refractivity contribution is 0.124. The molecule has 0 bridgehead atoms. The molecule has 1 rings (SSSR count). The van der Waals surface area contributed by atoms with Crippen molar-refractivity contribution in [2.45, 2.75) is 25.3 Å². The zero-order valence-electron chi connectivity index (χ0n) is 10.1. The minimum atomic E-state index is -3.37. The van der Waals surface area contributed by atoms with Gasteiger partial charge in [0, 0.05) is 13.1 Å². The summed E-state index contributed by atoms with van der Waals surface area (Å²) in [6.45, 7) is 4.83. The van der Waals surface area contributed by atoms with Crippen molar-refractivity contribution < 1.29 is 13.3 Å². The van der Waals surface area contributed by atoms with Crippen molar-refractivity contribution in [1.82, 2.24) is 4.31 Å². The molecule has 0 atom stereocenters. The quantitative estimate of drug-likeness (QED) is 0.776. The monoisotopic (exact) mass is 258 g/mol. The van der Waals surface area contributed by atoms with Crippen LogP contribution in [0.1, 0.15) is 19.4 Å². The number of rotatable bonds is 6. The van der Waals surface area contributed by atoms with Gasteiger partial charge in [0.05, 0.1) is 11.5 Å². The van der Waals surface area contributed by atoms with Crippen molar-refractivity contribution in [1.29, 1.82) is 0 Å². The van der Waals surface area contributed by atoms with E-state index in [1.807, 2.05) is 13.8 Å². The van der Waals surface area contributed by atoms with Crippen LogP contribution in [0.3, 0.4) is 0 Å². The molecule has 0 spiro atoms. The normalized spacial score (nSPS) is 12.0. The van der Waals surface area contributed by atoms with Crippen LogP contribution in [0.15, 0.2) is 29.2 Å². The van der Waals surface area contributed by atoms with Crippen molar-refractivity contribution in [3.63, 3.8) is 0 Å². The first kappa shape index (κ1) is 14.1. The van der Waals surface area contributed by atoms with E-state index in [1.165, 1.54) is 4.31 Å². The summed E-state index contributed by atoms with van der Waals surface area (Å²) in [5.41, 5.74) is 0.839. The summed E-state index contributed by atoms with van der Waals surface area (Å²) < 4.78 is 25.7. The van der Waals surface area contributed by atoms with Gasteiger partial charge in [-0.1, -0.05) is 26.0 Å². The molecule has 1 aromatic rings. The second kappa shape index (κ2) is 6.11. The number of nitrogens with two attached hydrogens (primary N) is 1. The van der Waals surface area contributed by atoms with Gasteiger partial charge in [-0.25, -0.2) is 14.3 Å². The lowest BCUT2D eigenvalue weighted by atomic mass is 10.2. The first-order valence-corrected chi connectivity index (χ1v) is 6.91. The van der Waals surface area contributed by atoms with E-state index in [9.17, 15) is 8.42 Å². The molecule has 1 aromatic carbocycles. The number of hydrogen-bond acceptors (Lipinski definition) is 4. The Bertz CT molecular complexity index is 438. The lowest BCUT2D eigenvalue weighted by Crippen LogP contribution is -2.30. The molecule has 0 saturated carbocycles. The molecule has 5 nitrogen and oxygen atoms in total. The van der Waals surface area contributed by atoms with Gasteiger partial charge in [-0.3, -0.25) is 4.84 Å². The summed E-state index contributed by atoms with van der Waals surface area (Å²) >= 11 is 0. The van der Waals surface area contributed by atoms with Gasteiger partial charge >= 0.3 is 0 Å². The summed E-state index contributed by atoms with van der Waals surface area (Å²) in [5, 5.41) is 0. The minimum absolute atomic E-state index is 0.269. The van der Waals surface area contributed by atoms with E-state index in [1.54, 1.807) is 24.3 Å². The molecule has 17 heavy (non-hydrogen) atoms. The van der Waals surface area contributed by atoms with Crippen molar-refractivity contribution in [3.8, 4) is 0 Å². The number of nitrogens with zero attached hydrogens (tertiary/aromatic N) is 1. The molecule has 0 amide bonds. The van der Waals surface area contributed by atoms with E-state index < -0.39 is 10.0 Å². The van der Waals surface area contributed by atoms with Gasteiger partial charge in [-0.05, 0) is 17.7 Å². The molecular weight excluding hydrogens is 240 g/mol. The van der Waals surface area contributed by atoms with Crippen LogP contribution < -0.4 is 5.90 Å². The Morgan fingerprint density at radius 2 is 1.71 bits per heavy atom. The van der Waals surface area contributed by atoms with Crippen molar-refractivity contribution >= 4 is 10.0 Å². The molecule has 0 aliphatic heterocycles. The third kappa shape index (κ3) is 3.26. The summed E-state index contributed by atoms with van der Waals surface area (Å²) in [6, 6.07) is 6.54. The Morgan fingerprint density at radius 3 is 2.12 bits per heavy atom. The van der Waals surface area contributed by atoms with Crippen molar-refractivity contribution in [3.05, 3.63) is 29.8 Å². The Kier molecular flexibility index (Phi) is 5.07. The standard InChI is InChI=1S/C11H18N2O3S/c1-3-13(4-2)17(14,15)11-7-5-10(6-8-11)9-16-12/h5-8H,3-4,9,12H2,1-2H3. The topological polar surface area (TPSA) is 72.6 Å². The Hall–Kier alpha value is -0.950. The van der Waals surface area contributed by atoms with E-state index in [0.29, 0.717) is 18.0 Å². The molecule has 0 aliphatic carbocycles. The molecule has 0 aliphatic rings. The Labute approximate surface area is 102 Å². The Morgan fingerprint density at radius 1 is 1.18 bits per heavy atom. The zero-order valence-corrected chi connectivity index (χ0v) is 10.9. The minimum Gasteiger partial charge on any atom is -0.300 e. The van der Waals surface area contributed by atoms with Crippen LogP contribution in [-0.4, -0.2) is 25.8 Å². The maximum Gasteiger partial charge on any atom is 0.243 e. The van der Waals surface area contributed by atoms with Gasteiger partial charge in [0.15, 0.2) is 0 Å². The largest absolute Gasteiger partial charge is 0.300 e. The first-order chi connectivity index (χ1) is 8.06. The van der Waals surface area contributed by atoms with Crippen LogP contribution in [0.25, 0.3) is 0 Å². The molecule has 96 valence electrons. The molecular formula is C11H18N2O3S. The van der Waals surface area contributed by atoms with E-state index in [0.717, 1.165) is 5.56 Å². The zero-order chi connectivity index (χ0) is 12.9. The fourth-order valence-corrected chi connectivity index (χ4v) is 3.02. The van der Waals surface area contributed by atoms with Gasteiger partial charge in [0.2, 0.25) is 10.0 Å². The molecule has 0 unspecified atom stereocenters. The predicted octanol–water partition coefficient (Wildman–Crippen LogP) is 1.11. The highest BCUT2D eigenvalue weighted by molar-refractivity contribution is 7.89. The molecule has 0 aromatic heterocycles. The lowest BCUT2D eigenvalue weighted by Gasteiger charge is -2.18. The van der Waals surface area contributed by atoms with Gasteiger partial charge in [-0.15, -0.1) is 0 Å². The molecule has 0 fully saturated rings. The average Bonchev–Trinajstić information content (AvgIpc) is 2.31. The van der Waals surface area contributed by atoms with Crippen LogP contribution in [0.2, 0.25) is 0 Å². The van der Waals surface area contributed by atoms with Gasteiger partial charge in [-0.2, -0.15) is 4.31 Å². The summed E-state index contributed by atoms with van der Waals surface area (Å²) in [5.74, 6) is 4.95. The average molecular weight is 258 g/mol. The summed E-state index contributed by atoms with van der Waals surface area (Å²) in [4.78, 5) is 4.78. The van der Waals surface area contributed by atoms with Gasteiger partial charge in [0.25, 0.3) is 0 Å². The van der Waals surface area contributed by atoms with Crippen LogP contribution in [0.4, 0.5) is 0 Å². The van der Waals surface area contributed by atoms with Crippen LogP contribution in [0, 0.1) is 0 Å². The van der Waals surface area contributed by atoms with Crippen LogP contribution in [0.5, 0.6) is 0 Å². The smallest absolute Gasteiger partial charge is 0.243 e. The van der Waals surface area contributed by atoms with Gasteiger partial charge in [0.1, 0.15) is 0 Å². The molecule has 2 N–H and O–H groups in total. The summed E-state index contributed by atoms with van der Waals surface area (Å²) in [7, 11) is -3.37. The maximum atomic E-state index is 12.1. The summed E-state index contributed by atoms with van der Waals surface area (Å²) in [6.07, 6.45) is 0. The van der Waals surface area contributed by atoms with Crippen molar-refractivity contribution in [2.24, 2.45) is 5.90 Å². The third-order valence-corrected chi connectivity index (χ3v) is 4.58. The van der Waals surface area contributed by atoms with Crippen LogP contribution >= 0.6 is 0 Å². The van der Waals surface area contributed by atoms with E-state index >= 15 is 0 Å². The maximum absolute atomic E-state index is 12.1. The molecule has 0 radical (unpaired) electrons. The molecule has 0 saturated heterocycles. The van der Waals surface area contributed by atoms with E-state index in [4.69, 9.17) is 5.90 Å². The Balaban J connectivity index is 2.99. The fourth-order valence-electron chi connectivity index (χ4n) is 1.57. The number of hydrogen-bond donors (Lipinski definition) is 1. The SMILES string of the molecule is CCN(CC)S(=O)(=O)c1ccc(CON)cc1. The van der Waals surface area contributed by atoms with E-state index in [-0.39, 0.29) is 6.61 Å². The number of benzene rings is 1. The third-order valence-electron chi connectivity index (χ3n) is 2.52. The highest BCUT2D eigenvalue weighted by atomic mass is 32.2. The van der Waals surface area contributed by atoms with E-state index in [2.05, 4.69) is 4.84 Å². The highest BCUT2D eigenvalue weighted by Crippen LogP contribution is 2.16. The highest BCUT2D eigenvalue weighted by Gasteiger charge is 2.20.